The summed E-state index contributed by atoms with van der Waals surface area (Å²) in [5.41, 5.74) is 1.46. The zero-order chi connectivity index (χ0) is 23.7. The summed E-state index contributed by atoms with van der Waals surface area (Å²) in [5, 5.41) is 0. The summed E-state index contributed by atoms with van der Waals surface area (Å²) in [6.45, 7) is 0.136. The summed E-state index contributed by atoms with van der Waals surface area (Å²) < 4.78 is 27.5. The molecule has 2 heterocycles. The number of ether oxygens (including phenoxy) is 5. The molecule has 5 rings (SSSR count). The highest BCUT2D eigenvalue weighted by Crippen LogP contribution is 2.34. The quantitative estimate of drug-likeness (QED) is 0.271. The van der Waals surface area contributed by atoms with Crippen LogP contribution in [-0.4, -0.2) is 31.7 Å². The van der Waals surface area contributed by atoms with E-state index >= 15 is 0 Å². The van der Waals surface area contributed by atoms with E-state index < -0.39 is 11.9 Å². The molecule has 0 aliphatic carbocycles. The first-order valence-corrected chi connectivity index (χ1v) is 10.9. The van der Waals surface area contributed by atoms with Gasteiger partial charge >= 0.3 is 11.9 Å². The van der Waals surface area contributed by atoms with Crippen LogP contribution in [0, 0.1) is 0 Å². The number of carbonyl (C=O) groups is 2. The molecule has 9 heteroatoms. The number of cyclic esters (lactones) is 1. The molecule has 0 fully saturated rings. The molecule has 0 saturated heterocycles. The van der Waals surface area contributed by atoms with E-state index in [0.29, 0.717) is 33.9 Å². The van der Waals surface area contributed by atoms with E-state index in [1.807, 2.05) is 0 Å². The van der Waals surface area contributed by atoms with Crippen molar-refractivity contribution >= 4 is 39.8 Å². The van der Waals surface area contributed by atoms with Crippen molar-refractivity contribution in [2.24, 2.45) is 4.99 Å². The molecular weight excluding hydrogens is 506 g/mol. The van der Waals surface area contributed by atoms with E-state index in [-0.39, 0.29) is 24.1 Å². The number of rotatable bonds is 5. The van der Waals surface area contributed by atoms with Gasteiger partial charge in [-0.05, 0) is 66.7 Å². The first-order chi connectivity index (χ1) is 16.5. The molecule has 2 aliphatic rings. The lowest BCUT2D eigenvalue weighted by Gasteiger charge is -2.09. The van der Waals surface area contributed by atoms with Crippen molar-refractivity contribution in [1.29, 1.82) is 0 Å². The fraction of sp³-hybridized carbons (Fsp3) is 0.0800. The lowest BCUT2D eigenvalue weighted by molar-refractivity contribution is -0.129. The van der Waals surface area contributed by atoms with Crippen molar-refractivity contribution in [3.8, 4) is 23.0 Å². The SMILES string of the molecule is COc1ccc(C(=O)Oc2ccc(Br)cc2/C=C2/N=C(c3ccc4c(c3)OCO4)OC2=O)cc1. The summed E-state index contributed by atoms with van der Waals surface area (Å²) in [7, 11) is 1.55. The van der Waals surface area contributed by atoms with Crippen LogP contribution < -0.4 is 18.9 Å². The van der Waals surface area contributed by atoms with Gasteiger partial charge in [0.1, 0.15) is 11.5 Å². The molecule has 8 nitrogen and oxygen atoms in total. The summed E-state index contributed by atoms with van der Waals surface area (Å²) >= 11 is 3.40. The Kier molecular flexibility index (Phi) is 5.77. The maximum Gasteiger partial charge on any atom is 0.363 e. The van der Waals surface area contributed by atoms with Crippen LogP contribution in [0.4, 0.5) is 0 Å². The summed E-state index contributed by atoms with van der Waals surface area (Å²) in [5.74, 6) is 1.01. The molecule has 3 aromatic rings. The van der Waals surface area contributed by atoms with E-state index in [0.717, 1.165) is 4.47 Å². The molecule has 170 valence electrons. The fourth-order valence-corrected chi connectivity index (χ4v) is 3.70. The summed E-state index contributed by atoms with van der Waals surface area (Å²) in [6, 6.07) is 16.8. The Balaban J connectivity index is 1.43. The monoisotopic (exact) mass is 521 g/mol. The highest BCUT2D eigenvalue weighted by molar-refractivity contribution is 9.10. The van der Waals surface area contributed by atoms with Gasteiger partial charge in [0.15, 0.2) is 17.2 Å². The van der Waals surface area contributed by atoms with Crippen LogP contribution in [0.15, 0.2) is 75.8 Å². The fourth-order valence-electron chi connectivity index (χ4n) is 3.32. The van der Waals surface area contributed by atoms with Crippen LogP contribution in [-0.2, 0) is 9.53 Å². The van der Waals surface area contributed by atoms with Crippen molar-refractivity contribution in [3.63, 3.8) is 0 Å². The Morgan fingerprint density at radius 1 is 1.03 bits per heavy atom. The van der Waals surface area contributed by atoms with Gasteiger partial charge in [0, 0.05) is 15.6 Å². The molecule has 0 aromatic heterocycles. The van der Waals surface area contributed by atoms with Crippen LogP contribution in [0.3, 0.4) is 0 Å². The lowest BCUT2D eigenvalue weighted by Crippen LogP contribution is -2.09. The number of carbonyl (C=O) groups excluding carboxylic acids is 2. The molecule has 3 aromatic carbocycles. The normalized spacial score (nSPS) is 15.2. The molecule has 0 atom stereocenters. The zero-order valence-electron chi connectivity index (χ0n) is 17.7. The number of methoxy groups -OCH3 is 1. The van der Waals surface area contributed by atoms with Gasteiger partial charge in [-0.25, -0.2) is 14.6 Å². The third-order valence-corrected chi connectivity index (χ3v) is 5.53. The Labute approximate surface area is 202 Å². The molecule has 0 radical (unpaired) electrons. The number of hydrogen-bond donors (Lipinski definition) is 0. The summed E-state index contributed by atoms with van der Waals surface area (Å²) in [6.07, 6.45) is 1.50. The molecule has 2 aliphatic heterocycles. The molecule has 0 bridgehead atoms. The number of aliphatic imine (C=N–C) groups is 1. The Bertz CT molecular complexity index is 1360. The molecule has 0 saturated carbocycles. The minimum Gasteiger partial charge on any atom is -0.497 e. The maximum atomic E-state index is 12.6. The molecule has 34 heavy (non-hydrogen) atoms. The van der Waals surface area contributed by atoms with Crippen molar-refractivity contribution in [1.82, 2.24) is 0 Å². The van der Waals surface area contributed by atoms with E-state index in [9.17, 15) is 9.59 Å². The molecular formula is C25H16BrNO7. The third kappa shape index (κ3) is 4.38. The topological polar surface area (TPSA) is 92.7 Å². The van der Waals surface area contributed by atoms with Crippen LogP contribution in [0.25, 0.3) is 6.08 Å². The van der Waals surface area contributed by atoms with E-state index in [4.69, 9.17) is 23.7 Å². The van der Waals surface area contributed by atoms with Gasteiger partial charge in [0.05, 0.1) is 12.7 Å². The van der Waals surface area contributed by atoms with Crippen molar-refractivity contribution in [2.75, 3.05) is 13.9 Å². The number of fused-ring (bicyclic) bond motifs is 1. The van der Waals surface area contributed by atoms with Gasteiger partial charge in [-0.1, -0.05) is 15.9 Å². The Hall–Kier alpha value is -4.11. The minimum atomic E-state index is -0.625. The number of hydrogen-bond acceptors (Lipinski definition) is 8. The molecule has 0 unspecified atom stereocenters. The third-order valence-electron chi connectivity index (χ3n) is 5.03. The molecule has 0 spiro atoms. The average Bonchev–Trinajstić information content (AvgIpc) is 3.46. The van der Waals surface area contributed by atoms with E-state index in [1.165, 1.54) is 6.08 Å². The Morgan fingerprint density at radius 3 is 2.62 bits per heavy atom. The predicted octanol–water partition coefficient (Wildman–Crippen LogP) is 4.75. The standard InChI is InChI=1S/C25H16BrNO7/c1-30-18-6-2-14(3-7-18)24(28)33-20-9-5-17(26)10-16(20)11-19-25(29)34-23(27-19)15-4-8-21-22(12-15)32-13-31-21/h2-12H,13H2,1H3/b19-11+. The van der Waals surface area contributed by atoms with Crippen molar-refractivity contribution in [3.05, 3.63) is 87.5 Å². The van der Waals surface area contributed by atoms with Crippen LogP contribution in [0.5, 0.6) is 23.0 Å². The maximum absolute atomic E-state index is 12.6. The number of benzene rings is 3. The summed E-state index contributed by atoms with van der Waals surface area (Å²) in [4.78, 5) is 29.5. The number of halogens is 1. The second-order valence-corrected chi connectivity index (χ2v) is 8.12. The Morgan fingerprint density at radius 2 is 1.82 bits per heavy atom. The molecule has 0 amide bonds. The van der Waals surface area contributed by atoms with Gasteiger partial charge < -0.3 is 23.7 Å². The van der Waals surface area contributed by atoms with Gasteiger partial charge in [-0.3, -0.25) is 0 Å². The van der Waals surface area contributed by atoms with Gasteiger partial charge in [0.25, 0.3) is 0 Å². The van der Waals surface area contributed by atoms with E-state index in [1.54, 1.807) is 67.8 Å². The first-order valence-electron chi connectivity index (χ1n) is 10.1. The van der Waals surface area contributed by atoms with Crippen LogP contribution >= 0.6 is 15.9 Å². The van der Waals surface area contributed by atoms with Gasteiger partial charge in [0.2, 0.25) is 12.7 Å². The molecule has 0 N–H and O–H groups in total. The smallest absolute Gasteiger partial charge is 0.363 e. The van der Waals surface area contributed by atoms with Crippen molar-refractivity contribution in [2.45, 2.75) is 0 Å². The van der Waals surface area contributed by atoms with Gasteiger partial charge in [-0.15, -0.1) is 0 Å². The largest absolute Gasteiger partial charge is 0.497 e. The highest BCUT2D eigenvalue weighted by Gasteiger charge is 2.26. The predicted molar refractivity (Wildman–Crippen MR) is 125 cm³/mol. The number of esters is 2. The second-order valence-electron chi connectivity index (χ2n) is 7.20. The van der Waals surface area contributed by atoms with Crippen LogP contribution in [0.2, 0.25) is 0 Å². The second kappa shape index (κ2) is 9.03. The first kappa shape index (κ1) is 21.7. The van der Waals surface area contributed by atoms with Crippen LogP contribution in [0.1, 0.15) is 21.5 Å². The number of nitrogens with zero attached hydrogens (tertiary/aromatic N) is 1. The van der Waals surface area contributed by atoms with E-state index in [2.05, 4.69) is 20.9 Å². The zero-order valence-corrected chi connectivity index (χ0v) is 19.3. The lowest BCUT2D eigenvalue weighted by atomic mass is 10.1. The highest BCUT2D eigenvalue weighted by atomic mass is 79.9. The van der Waals surface area contributed by atoms with Crippen molar-refractivity contribution < 1.29 is 33.3 Å². The average molecular weight is 522 g/mol. The van der Waals surface area contributed by atoms with Gasteiger partial charge in [-0.2, -0.15) is 0 Å². The minimum absolute atomic E-state index is 0.0625.